The van der Waals surface area contributed by atoms with Gasteiger partial charge in [0.25, 0.3) is 0 Å². The molecule has 0 aliphatic carbocycles. The molecule has 0 aliphatic heterocycles. The van der Waals surface area contributed by atoms with Gasteiger partial charge < -0.3 is 0 Å². The molecule has 0 fully saturated rings. The molecule has 0 bridgehead atoms. The second-order valence-electron chi connectivity index (χ2n) is 9.47. The predicted octanol–water partition coefficient (Wildman–Crippen LogP) is 4.32. The quantitative estimate of drug-likeness (QED) is 0.313. The van der Waals surface area contributed by atoms with E-state index in [-0.39, 0.29) is 21.0 Å². The van der Waals surface area contributed by atoms with E-state index >= 15 is 0 Å². The lowest BCUT2D eigenvalue weighted by Crippen LogP contribution is -2.38. The van der Waals surface area contributed by atoms with Crippen molar-refractivity contribution in [3.05, 3.63) is 44.7 Å². The van der Waals surface area contributed by atoms with Gasteiger partial charge in [-0.25, -0.2) is 27.3 Å². The van der Waals surface area contributed by atoms with Gasteiger partial charge in [0.15, 0.2) is 13.9 Å². The third-order valence-electron chi connectivity index (χ3n) is 5.73. The molecule has 1 unspecified atom stereocenters. The summed E-state index contributed by atoms with van der Waals surface area (Å²) >= 11 is 3.11. The van der Waals surface area contributed by atoms with Crippen LogP contribution in [0.3, 0.4) is 0 Å². The Bertz CT molecular complexity index is 1350. The molecule has 0 spiro atoms. The average molecular weight is 576 g/mol. The van der Waals surface area contributed by atoms with Gasteiger partial charge in [-0.3, -0.25) is 8.55 Å². The van der Waals surface area contributed by atoms with Gasteiger partial charge in [0.1, 0.15) is 11.5 Å². The summed E-state index contributed by atoms with van der Waals surface area (Å²) in [5.41, 5.74) is 1.02. The van der Waals surface area contributed by atoms with Crippen molar-refractivity contribution in [1.29, 1.82) is 0 Å². The molecule has 0 aliphatic rings. The number of aryl methyl sites for hydroxylation is 1. The zero-order valence-corrected chi connectivity index (χ0v) is 23.3. The minimum Gasteiger partial charge on any atom is -0.295 e. The standard InChI is InChI=1S/C20H28BrFN6O4SSi/c1-20(2,3)34(5,6)27-33(4,30)23-11-7-8-16-17(25-32-24-16)18-26-31-19(29)28(18)13-9-10-15(22)14(21)12-13/h9-10,12H,7-8,11H2,1-6H3,(H,23,27,30). The van der Waals surface area contributed by atoms with Crippen molar-refractivity contribution >= 4 is 34.1 Å². The monoisotopic (exact) mass is 574 g/mol. The highest BCUT2D eigenvalue weighted by molar-refractivity contribution is 9.10. The molecule has 0 radical (unpaired) electrons. The van der Waals surface area contributed by atoms with E-state index in [1.54, 1.807) is 6.26 Å². The Balaban J connectivity index is 1.76. The summed E-state index contributed by atoms with van der Waals surface area (Å²) in [5.74, 6) is -1.15. The zero-order chi connectivity index (χ0) is 25.3. The molecule has 10 nitrogen and oxygen atoms in total. The van der Waals surface area contributed by atoms with Gasteiger partial charge in [-0.1, -0.05) is 31.1 Å². The molecule has 34 heavy (non-hydrogen) atoms. The molecule has 0 saturated heterocycles. The number of hydrogen-bond donors (Lipinski definition) is 1. The number of halogens is 2. The van der Waals surface area contributed by atoms with Crippen molar-refractivity contribution in [3.8, 4) is 17.2 Å². The van der Waals surface area contributed by atoms with E-state index in [0.717, 1.165) is 4.57 Å². The summed E-state index contributed by atoms with van der Waals surface area (Å²) < 4.78 is 45.4. The Labute approximate surface area is 206 Å². The second kappa shape index (κ2) is 9.83. The van der Waals surface area contributed by atoms with E-state index in [1.807, 2.05) is 0 Å². The summed E-state index contributed by atoms with van der Waals surface area (Å²) in [6.45, 7) is 11.0. The van der Waals surface area contributed by atoms with Crippen LogP contribution in [0.2, 0.25) is 18.1 Å². The Morgan fingerprint density at radius 3 is 2.62 bits per heavy atom. The molecule has 1 N–H and O–H groups in total. The van der Waals surface area contributed by atoms with Crippen LogP contribution in [0.25, 0.3) is 17.2 Å². The smallest absolute Gasteiger partial charge is 0.295 e. The number of rotatable bonds is 8. The van der Waals surface area contributed by atoms with E-state index in [1.165, 1.54) is 18.2 Å². The van der Waals surface area contributed by atoms with Crippen molar-refractivity contribution in [2.75, 3.05) is 12.8 Å². The summed E-state index contributed by atoms with van der Waals surface area (Å²) in [5, 5.41) is 11.6. The molecule has 3 rings (SSSR count). The maximum atomic E-state index is 13.6. The van der Waals surface area contributed by atoms with Crippen molar-refractivity contribution in [3.63, 3.8) is 0 Å². The van der Waals surface area contributed by atoms with Gasteiger partial charge in [-0.15, -0.1) is 0 Å². The minimum absolute atomic E-state index is 0.0118. The van der Waals surface area contributed by atoms with Gasteiger partial charge in [0, 0.05) is 12.8 Å². The molecule has 0 saturated carbocycles. The SMILES string of the molecule is CC(C)(C)[Si](C)(C)N=S(C)(=O)NCCCc1nonc1-c1noc(=O)n1-c1ccc(F)c(Br)c1. The van der Waals surface area contributed by atoms with Crippen molar-refractivity contribution < 1.29 is 17.8 Å². The third kappa shape index (κ3) is 5.90. The molecule has 2 aromatic heterocycles. The fourth-order valence-corrected chi connectivity index (χ4v) is 8.64. The molecular formula is C20H28BrFN6O4SSi. The molecule has 1 atom stereocenters. The van der Waals surface area contributed by atoms with E-state index in [4.69, 9.17) is 13.2 Å². The number of nitrogens with one attached hydrogen (secondary N) is 1. The van der Waals surface area contributed by atoms with Crippen LogP contribution in [-0.4, -0.2) is 45.3 Å². The lowest BCUT2D eigenvalue weighted by Gasteiger charge is -2.33. The van der Waals surface area contributed by atoms with Crippen LogP contribution in [0.4, 0.5) is 4.39 Å². The first kappa shape index (κ1) is 26.4. The Morgan fingerprint density at radius 1 is 1.26 bits per heavy atom. The van der Waals surface area contributed by atoms with E-state index in [2.05, 4.69) is 70.0 Å². The topological polar surface area (TPSA) is 128 Å². The van der Waals surface area contributed by atoms with Gasteiger partial charge in [0.2, 0.25) is 5.82 Å². The number of hydrogen-bond acceptors (Lipinski definition) is 8. The summed E-state index contributed by atoms with van der Waals surface area (Å²) in [6, 6.07) is 4.06. The first-order chi connectivity index (χ1) is 15.7. The fraction of sp³-hybridized carbons (Fsp3) is 0.500. The Hall–Kier alpha value is -2.16. The van der Waals surface area contributed by atoms with Crippen LogP contribution < -0.4 is 10.5 Å². The normalized spacial score (nSPS) is 14.2. The Morgan fingerprint density at radius 2 is 1.97 bits per heavy atom. The van der Waals surface area contributed by atoms with Crippen LogP contribution in [0.5, 0.6) is 0 Å². The lowest BCUT2D eigenvalue weighted by molar-refractivity contribution is 0.303. The van der Waals surface area contributed by atoms with Crippen molar-refractivity contribution in [2.45, 2.75) is 51.7 Å². The fourth-order valence-electron chi connectivity index (χ4n) is 2.91. The van der Waals surface area contributed by atoms with Crippen LogP contribution in [-0.2, 0) is 16.3 Å². The molecule has 0 amide bonds. The molecular weight excluding hydrogens is 547 g/mol. The van der Waals surface area contributed by atoms with Crippen molar-refractivity contribution in [1.82, 2.24) is 24.8 Å². The molecule has 3 aromatic rings. The highest BCUT2D eigenvalue weighted by atomic mass is 79.9. The lowest BCUT2D eigenvalue weighted by atomic mass is 10.2. The molecule has 2 heterocycles. The summed E-state index contributed by atoms with van der Waals surface area (Å²) in [4.78, 5) is 12.3. The van der Waals surface area contributed by atoms with Gasteiger partial charge in [-0.2, -0.15) is 0 Å². The molecule has 186 valence electrons. The zero-order valence-electron chi connectivity index (χ0n) is 19.9. The van der Waals surface area contributed by atoms with E-state index in [9.17, 15) is 13.4 Å². The van der Waals surface area contributed by atoms with E-state index < -0.39 is 29.7 Å². The van der Waals surface area contributed by atoms with E-state index in [0.29, 0.717) is 30.8 Å². The summed E-state index contributed by atoms with van der Waals surface area (Å²) in [6.07, 6.45) is 2.59. The maximum Gasteiger partial charge on any atom is 0.446 e. The van der Waals surface area contributed by atoms with Crippen LogP contribution in [0.15, 0.2) is 40.6 Å². The highest BCUT2D eigenvalue weighted by Crippen LogP contribution is 2.37. The largest absolute Gasteiger partial charge is 0.446 e. The summed E-state index contributed by atoms with van der Waals surface area (Å²) in [7, 11) is -4.63. The van der Waals surface area contributed by atoms with Crippen molar-refractivity contribution in [2.24, 2.45) is 4.03 Å². The first-order valence-electron chi connectivity index (χ1n) is 10.6. The molecule has 1 aromatic carbocycles. The number of benzene rings is 1. The van der Waals surface area contributed by atoms with Crippen LogP contribution in [0, 0.1) is 5.82 Å². The van der Waals surface area contributed by atoms with Gasteiger partial charge in [-0.05, 0) is 70.3 Å². The van der Waals surface area contributed by atoms with Crippen LogP contribution in [0.1, 0.15) is 32.9 Å². The third-order valence-corrected chi connectivity index (χ3v) is 14.0. The van der Waals surface area contributed by atoms with Gasteiger partial charge in [0.05, 0.1) is 20.1 Å². The van der Waals surface area contributed by atoms with Gasteiger partial charge >= 0.3 is 5.76 Å². The first-order valence-corrected chi connectivity index (χ1v) is 16.2. The average Bonchev–Trinajstić information content (AvgIpc) is 3.32. The minimum atomic E-state index is -2.55. The second-order valence-corrected chi connectivity index (χ2v) is 17.6. The molecule has 14 heteroatoms. The number of nitrogens with zero attached hydrogens (tertiary/aromatic N) is 5. The Kier molecular flexibility index (Phi) is 7.65. The number of aromatic nitrogens is 4. The van der Waals surface area contributed by atoms with Crippen LogP contribution >= 0.6 is 15.9 Å². The highest BCUT2D eigenvalue weighted by Gasteiger charge is 2.37. The maximum absolute atomic E-state index is 13.6. The predicted molar refractivity (Wildman–Crippen MR) is 133 cm³/mol.